The van der Waals surface area contributed by atoms with E-state index < -0.39 is 10.8 Å². The quantitative estimate of drug-likeness (QED) is 0.853. The predicted octanol–water partition coefficient (Wildman–Crippen LogP) is 2.15. The SMILES string of the molecule is Cc1ccc(C)c(S(=O)C(C)CCN)c1. The first kappa shape index (κ1) is 12.4. The summed E-state index contributed by atoms with van der Waals surface area (Å²) in [4.78, 5) is 0.955. The van der Waals surface area contributed by atoms with Crippen molar-refractivity contribution in [3.63, 3.8) is 0 Å². The third kappa shape index (κ3) is 3.14. The molecule has 0 amide bonds. The summed E-state index contributed by atoms with van der Waals surface area (Å²) in [5.74, 6) is 0. The molecule has 0 heterocycles. The Hall–Kier alpha value is -0.670. The van der Waals surface area contributed by atoms with Crippen molar-refractivity contribution in [3.05, 3.63) is 29.3 Å². The van der Waals surface area contributed by atoms with Crippen LogP contribution >= 0.6 is 0 Å². The molecule has 0 saturated carbocycles. The maximum Gasteiger partial charge on any atom is 0.0561 e. The van der Waals surface area contributed by atoms with E-state index in [1.54, 1.807) is 0 Å². The van der Waals surface area contributed by atoms with Crippen molar-refractivity contribution < 1.29 is 4.21 Å². The molecule has 1 aromatic carbocycles. The largest absolute Gasteiger partial charge is 0.330 e. The van der Waals surface area contributed by atoms with E-state index in [0.29, 0.717) is 6.54 Å². The second-order valence-corrected chi connectivity index (χ2v) is 5.79. The molecule has 0 aliphatic heterocycles. The molecule has 2 unspecified atom stereocenters. The highest BCUT2D eigenvalue weighted by Gasteiger charge is 2.14. The van der Waals surface area contributed by atoms with E-state index in [-0.39, 0.29) is 5.25 Å². The average molecular weight is 225 g/mol. The van der Waals surface area contributed by atoms with Crippen LogP contribution in [0.2, 0.25) is 0 Å². The molecule has 0 bridgehead atoms. The van der Waals surface area contributed by atoms with Gasteiger partial charge in [-0.05, 0) is 44.0 Å². The van der Waals surface area contributed by atoms with Gasteiger partial charge in [0.2, 0.25) is 0 Å². The fraction of sp³-hybridized carbons (Fsp3) is 0.500. The Kier molecular flexibility index (Phi) is 4.48. The minimum atomic E-state index is -0.930. The van der Waals surface area contributed by atoms with E-state index >= 15 is 0 Å². The zero-order chi connectivity index (χ0) is 11.4. The lowest BCUT2D eigenvalue weighted by atomic mass is 10.2. The highest BCUT2D eigenvalue weighted by atomic mass is 32.2. The number of nitrogens with two attached hydrogens (primary N) is 1. The van der Waals surface area contributed by atoms with Gasteiger partial charge in [0.05, 0.1) is 10.8 Å². The summed E-state index contributed by atoms with van der Waals surface area (Å²) in [5.41, 5.74) is 7.74. The highest BCUT2D eigenvalue weighted by Crippen LogP contribution is 2.19. The molecule has 2 nitrogen and oxygen atoms in total. The first-order chi connectivity index (χ1) is 7.06. The minimum absolute atomic E-state index is 0.135. The Morgan fingerprint density at radius 2 is 2.07 bits per heavy atom. The van der Waals surface area contributed by atoms with E-state index in [2.05, 4.69) is 0 Å². The molecule has 2 atom stereocenters. The molecule has 1 rings (SSSR count). The zero-order valence-corrected chi connectivity index (χ0v) is 10.4. The van der Waals surface area contributed by atoms with E-state index in [1.165, 1.54) is 0 Å². The van der Waals surface area contributed by atoms with Crippen molar-refractivity contribution in [2.24, 2.45) is 5.73 Å². The van der Waals surface area contributed by atoms with E-state index in [9.17, 15) is 4.21 Å². The second kappa shape index (κ2) is 5.42. The Morgan fingerprint density at radius 1 is 1.40 bits per heavy atom. The van der Waals surface area contributed by atoms with Crippen LogP contribution in [0.15, 0.2) is 23.1 Å². The van der Waals surface area contributed by atoms with Crippen molar-refractivity contribution in [1.29, 1.82) is 0 Å². The molecule has 0 aliphatic carbocycles. The standard InChI is InChI=1S/C12H19NOS/c1-9-4-5-10(2)12(8-9)15(14)11(3)6-7-13/h4-5,8,11H,6-7,13H2,1-3H3. The average Bonchev–Trinajstić information content (AvgIpc) is 2.21. The third-order valence-electron chi connectivity index (χ3n) is 2.50. The molecular formula is C12H19NOS. The first-order valence-electron chi connectivity index (χ1n) is 5.24. The molecular weight excluding hydrogens is 206 g/mol. The lowest BCUT2D eigenvalue weighted by Gasteiger charge is -2.12. The summed E-state index contributed by atoms with van der Waals surface area (Å²) in [7, 11) is -0.930. The van der Waals surface area contributed by atoms with Gasteiger partial charge in [-0.3, -0.25) is 4.21 Å². The maximum absolute atomic E-state index is 12.2. The number of hydrogen-bond donors (Lipinski definition) is 1. The molecule has 0 spiro atoms. The lowest BCUT2D eigenvalue weighted by Crippen LogP contribution is -2.16. The van der Waals surface area contributed by atoms with Crippen molar-refractivity contribution in [3.8, 4) is 0 Å². The van der Waals surface area contributed by atoms with Crippen LogP contribution in [0.5, 0.6) is 0 Å². The monoisotopic (exact) mass is 225 g/mol. The Balaban J connectivity index is 2.95. The third-order valence-corrected chi connectivity index (χ3v) is 4.34. The van der Waals surface area contributed by atoms with Crippen LogP contribution in [0.1, 0.15) is 24.5 Å². The molecule has 84 valence electrons. The number of rotatable bonds is 4. The molecule has 0 radical (unpaired) electrons. The van der Waals surface area contributed by atoms with Gasteiger partial charge in [0, 0.05) is 10.1 Å². The summed E-state index contributed by atoms with van der Waals surface area (Å²) in [5, 5.41) is 0.135. The van der Waals surface area contributed by atoms with Crippen LogP contribution in [0.4, 0.5) is 0 Å². The molecule has 1 aromatic rings. The van der Waals surface area contributed by atoms with Gasteiger partial charge in [-0.2, -0.15) is 0 Å². The summed E-state index contributed by atoms with van der Waals surface area (Å²) < 4.78 is 12.2. The normalized spacial score (nSPS) is 14.9. The zero-order valence-electron chi connectivity index (χ0n) is 9.62. The molecule has 2 N–H and O–H groups in total. The van der Waals surface area contributed by atoms with Gasteiger partial charge >= 0.3 is 0 Å². The fourth-order valence-electron chi connectivity index (χ4n) is 1.48. The van der Waals surface area contributed by atoms with Gasteiger partial charge in [-0.1, -0.05) is 19.1 Å². The van der Waals surface area contributed by atoms with Crippen LogP contribution in [-0.2, 0) is 10.8 Å². The van der Waals surface area contributed by atoms with Crippen LogP contribution in [0.3, 0.4) is 0 Å². The Morgan fingerprint density at radius 3 is 2.67 bits per heavy atom. The van der Waals surface area contributed by atoms with Crippen molar-refractivity contribution >= 4 is 10.8 Å². The molecule has 0 fully saturated rings. The van der Waals surface area contributed by atoms with Gasteiger partial charge in [-0.25, -0.2) is 0 Å². The van der Waals surface area contributed by atoms with Crippen LogP contribution in [0.25, 0.3) is 0 Å². The number of hydrogen-bond acceptors (Lipinski definition) is 2. The lowest BCUT2D eigenvalue weighted by molar-refractivity contribution is 0.665. The van der Waals surface area contributed by atoms with Crippen molar-refractivity contribution in [2.45, 2.75) is 37.3 Å². The minimum Gasteiger partial charge on any atom is -0.330 e. The van der Waals surface area contributed by atoms with Gasteiger partial charge in [0.1, 0.15) is 0 Å². The molecule has 0 saturated heterocycles. The van der Waals surface area contributed by atoms with Gasteiger partial charge in [-0.15, -0.1) is 0 Å². The highest BCUT2D eigenvalue weighted by molar-refractivity contribution is 7.85. The number of benzene rings is 1. The van der Waals surface area contributed by atoms with Crippen molar-refractivity contribution in [2.75, 3.05) is 6.54 Å². The topological polar surface area (TPSA) is 43.1 Å². The van der Waals surface area contributed by atoms with E-state index in [1.807, 2.05) is 39.0 Å². The van der Waals surface area contributed by atoms with Crippen molar-refractivity contribution in [1.82, 2.24) is 0 Å². The van der Waals surface area contributed by atoms with Crippen LogP contribution in [-0.4, -0.2) is 16.0 Å². The van der Waals surface area contributed by atoms with Crippen LogP contribution in [0, 0.1) is 13.8 Å². The Bertz CT molecular complexity index is 363. The molecule has 3 heteroatoms. The van der Waals surface area contributed by atoms with Crippen LogP contribution < -0.4 is 5.73 Å². The fourth-order valence-corrected chi connectivity index (χ4v) is 2.95. The summed E-state index contributed by atoms with van der Waals surface area (Å²) in [6.45, 7) is 6.61. The summed E-state index contributed by atoms with van der Waals surface area (Å²) in [6.07, 6.45) is 0.806. The van der Waals surface area contributed by atoms with Gasteiger partial charge in [0.15, 0.2) is 0 Å². The maximum atomic E-state index is 12.2. The molecule has 0 aromatic heterocycles. The summed E-state index contributed by atoms with van der Waals surface area (Å²) in [6, 6.07) is 6.08. The first-order valence-corrected chi connectivity index (χ1v) is 6.45. The second-order valence-electron chi connectivity index (χ2n) is 3.95. The van der Waals surface area contributed by atoms with Gasteiger partial charge < -0.3 is 5.73 Å². The molecule has 0 aliphatic rings. The Labute approximate surface area is 94.3 Å². The smallest absolute Gasteiger partial charge is 0.0561 e. The number of aryl methyl sites for hydroxylation is 2. The predicted molar refractivity (Wildman–Crippen MR) is 65.5 cm³/mol. The van der Waals surface area contributed by atoms with Gasteiger partial charge in [0.25, 0.3) is 0 Å². The summed E-state index contributed by atoms with van der Waals surface area (Å²) >= 11 is 0. The molecule has 15 heavy (non-hydrogen) atoms. The van der Waals surface area contributed by atoms with E-state index in [4.69, 9.17) is 5.73 Å². The van der Waals surface area contributed by atoms with E-state index in [0.717, 1.165) is 22.4 Å².